The van der Waals surface area contributed by atoms with Crippen LogP contribution in [0.2, 0.25) is 0 Å². The van der Waals surface area contributed by atoms with E-state index in [9.17, 15) is 9.90 Å². The molecule has 0 bridgehead atoms. The molecule has 82 valence electrons. The van der Waals surface area contributed by atoms with Crippen molar-refractivity contribution < 1.29 is 19.4 Å². The quantitative estimate of drug-likeness (QED) is 0.596. The lowest BCUT2D eigenvalue weighted by molar-refractivity contribution is -0.206. The Morgan fingerprint density at radius 2 is 1.93 bits per heavy atom. The minimum atomic E-state index is -1.62. The van der Waals surface area contributed by atoms with Gasteiger partial charge in [-0.1, -0.05) is 30.3 Å². The fraction of sp³-hybridized carbons (Fsp3) is 0.364. The Balaban J connectivity index is 2.90. The summed E-state index contributed by atoms with van der Waals surface area (Å²) in [6, 6.07) is 8.71. The van der Waals surface area contributed by atoms with Crippen molar-refractivity contribution in [1.82, 2.24) is 0 Å². The van der Waals surface area contributed by atoms with Crippen molar-refractivity contribution in [3.05, 3.63) is 35.9 Å². The first kappa shape index (κ1) is 11.7. The highest BCUT2D eigenvalue weighted by Gasteiger charge is 2.32. The number of aliphatic hydroxyl groups is 1. The molecule has 0 saturated heterocycles. The molecule has 15 heavy (non-hydrogen) atoms. The molecule has 1 atom stereocenters. The van der Waals surface area contributed by atoms with Crippen molar-refractivity contribution in [1.29, 1.82) is 0 Å². The van der Waals surface area contributed by atoms with E-state index in [4.69, 9.17) is 4.74 Å². The molecular weight excluding hydrogens is 196 g/mol. The number of hydrogen-bond donors (Lipinski definition) is 1. The fourth-order valence-corrected chi connectivity index (χ4v) is 1.26. The van der Waals surface area contributed by atoms with E-state index >= 15 is 0 Å². The number of methoxy groups -OCH3 is 2. The minimum absolute atomic E-state index is 0.232. The van der Waals surface area contributed by atoms with Crippen LogP contribution in [-0.4, -0.2) is 25.3 Å². The molecule has 4 nitrogen and oxygen atoms in total. The zero-order chi connectivity index (χ0) is 11.3. The lowest BCUT2D eigenvalue weighted by Gasteiger charge is -2.25. The number of hydrogen-bond acceptors (Lipinski definition) is 4. The molecule has 0 saturated carbocycles. The Bertz CT molecular complexity index is 323. The Kier molecular flexibility index (Phi) is 3.82. The maximum Gasteiger partial charge on any atom is 0.311 e. The summed E-state index contributed by atoms with van der Waals surface area (Å²) in [6.07, 6.45) is -0.232. The molecule has 0 aliphatic heterocycles. The Hall–Kier alpha value is -1.39. The van der Waals surface area contributed by atoms with Gasteiger partial charge >= 0.3 is 5.97 Å². The molecule has 1 aromatic rings. The van der Waals surface area contributed by atoms with Crippen LogP contribution in [0.1, 0.15) is 12.0 Å². The van der Waals surface area contributed by atoms with Crippen LogP contribution in [-0.2, 0) is 20.1 Å². The normalized spacial score (nSPS) is 14.3. The highest BCUT2D eigenvalue weighted by Crippen LogP contribution is 2.25. The highest BCUT2D eigenvalue weighted by atomic mass is 16.6. The topological polar surface area (TPSA) is 55.8 Å². The van der Waals surface area contributed by atoms with Crippen molar-refractivity contribution in [3.63, 3.8) is 0 Å². The smallest absolute Gasteiger partial charge is 0.311 e. The predicted molar refractivity (Wildman–Crippen MR) is 54.0 cm³/mol. The maximum atomic E-state index is 11.1. The largest absolute Gasteiger partial charge is 0.469 e. The maximum absolute atomic E-state index is 11.1. The van der Waals surface area contributed by atoms with Crippen LogP contribution in [0.25, 0.3) is 0 Å². The monoisotopic (exact) mass is 210 g/mol. The molecule has 1 rings (SSSR count). The zero-order valence-electron chi connectivity index (χ0n) is 8.77. The number of carbonyl (C=O) groups excluding carboxylic acids is 1. The van der Waals surface area contributed by atoms with E-state index in [-0.39, 0.29) is 6.42 Å². The van der Waals surface area contributed by atoms with Gasteiger partial charge < -0.3 is 14.6 Å². The molecule has 0 fully saturated rings. The van der Waals surface area contributed by atoms with Crippen molar-refractivity contribution in [2.75, 3.05) is 14.2 Å². The second-order valence-corrected chi connectivity index (χ2v) is 3.11. The van der Waals surface area contributed by atoms with E-state index in [1.54, 1.807) is 24.3 Å². The summed E-state index contributed by atoms with van der Waals surface area (Å²) in [7, 11) is 2.61. The van der Waals surface area contributed by atoms with E-state index < -0.39 is 11.8 Å². The van der Waals surface area contributed by atoms with Crippen LogP contribution in [0.15, 0.2) is 30.3 Å². The summed E-state index contributed by atoms with van der Waals surface area (Å²) in [5, 5.41) is 10.1. The summed E-state index contributed by atoms with van der Waals surface area (Å²) >= 11 is 0. The van der Waals surface area contributed by atoms with Gasteiger partial charge in [-0.2, -0.15) is 0 Å². The van der Waals surface area contributed by atoms with Gasteiger partial charge in [0.05, 0.1) is 7.11 Å². The predicted octanol–water partition coefficient (Wildman–Crippen LogP) is 1.04. The standard InChI is InChI=1S/C11H14O4/c1-14-10(12)8-11(13,15-2)9-6-4-3-5-7-9/h3-7,13H,8H2,1-2H3/t11-/m0/s1. The van der Waals surface area contributed by atoms with Gasteiger partial charge in [0.1, 0.15) is 6.42 Å². The van der Waals surface area contributed by atoms with Crippen LogP contribution in [0.5, 0.6) is 0 Å². The van der Waals surface area contributed by atoms with Gasteiger partial charge in [-0.15, -0.1) is 0 Å². The molecule has 0 unspecified atom stereocenters. The molecule has 0 aliphatic carbocycles. The molecule has 1 N–H and O–H groups in total. The average Bonchev–Trinajstić information content (AvgIpc) is 2.30. The zero-order valence-corrected chi connectivity index (χ0v) is 8.77. The molecule has 0 amide bonds. The van der Waals surface area contributed by atoms with E-state index in [0.717, 1.165) is 0 Å². The number of ether oxygens (including phenoxy) is 2. The molecule has 0 spiro atoms. The second kappa shape index (κ2) is 4.91. The minimum Gasteiger partial charge on any atom is -0.469 e. The summed E-state index contributed by atoms with van der Waals surface area (Å²) < 4.78 is 9.44. The van der Waals surface area contributed by atoms with Gasteiger partial charge in [0.25, 0.3) is 0 Å². The van der Waals surface area contributed by atoms with E-state index in [2.05, 4.69) is 4.74 Å². The second-order valence-electron chi connectivity index (χ2n) is 3.11. The summed E-state index contributed by atoms with van der Waals surface area (Å²) in [5.74, 6) is -2.14. The molecular formula is C11H14O4. The Morgan fingerprint density at radius 3 is 2.40 bits per heavy atom. The van der Waals surface area contributed by atoms with Crippen LogP contribution >= 0.6 is 0 Å². The molecule has 4 heteroatoms. The van der Waals surface area contributed by atoms with Crippen LogP contribution < -0.4 is 0 Å². The van der Waals surface area contributed by atoms with Crippen LogP contribution in [0.4, 0.5) is 0 Å². The first-order chi connectivity index (χ1) is 7.12. The van der Waals surface area contributed by atoms with Crippen molar-refractivity contribution in [3.8, 4) is 0 Å². The Labute approximate surface area is 88.4 Å². The molecule has 0 radical (unpaired) electrons. The third-order valence-electron chi connectivity index (χ3n) is 2.17. The fourth-order valence-electron chi connectivity index (χ4n) is 1.26. The van der Waals surface area contributed by atoms with Crippen LogP contribution in [0, 0.1) is 0 Å². The number of esters is 1. The molecule has 0 aromatic heterocycles. The lowest BCUT2D eigenvalue weighted by atomic mass is 10.0. The lowest BCUT2D eigenvalue weighted by Crippen LogP contribution is -2.31. The summed E-state index contributed by atoms with van der Waals surface area (Å²) in [5.41, 5.74) is 0.526. The van der Waals surface area contributed by atoms with Crippen molar-refractivity contribution in [2.45, 2.75) is 12.2 Å². The van der Waals surface area contributed by atoms with Gasteiger partial charge in [-0.3, -0.25) is 4.79 Å². The van der Waals surface area contributed by atoms with Crippen LogP contribution in [0.3, 0.4) is 0 Å². The van der Waals surface area contributed by atoms with Crippen molar-refractivity contribution >= 4 is 5.97 Å². The SMILES string of the molecule is COC(=O)C[C@](O)(OC)c1ccccc1. The molecule has 1 aromatic carbocycles. The third kappa shape index (κ3) is 2.78. The van der Waals surface area contributed by atoms with Gasteiger partial charge in [-0.25, -0.2) is 0 Å². The van der Waals surface area contributed by atoms with Gasteiger partial charge in [0.15, 0.2) is 0 Å². The number of benzene rings is 1. The molecule has 0 aliphatic rings. The average molecular weight is 210 g/mol. The summed E-state index contributed by atoms with van der Waals surface area (Å²) in [4.78, 5) is 11.1. The molecule has 0 heterocycles. The Morgan fingerprint density at radius 1 is 1.33 bits per heavy atom. The number of carbonyl (C=O) groups is 1. The van der Waals surface area contributed by atoms with E-state index in [1.165, 1.54) is 14.2 Å². The van der Waals surface area contributed by atoms with E-state index in [0.29, 0.717) is 5.56 Å². The van der Waals surface area contributed by atoms with Gasteiger partial charge in [0.2, 0.25) is 5.79 Å². The van der Waals surface area contributed by atoms with Gasteiger partial charge in [0, 0.05) is 12.7 Å². The highest BCUT2D eigenvalue weighted by molar-refractivity contribution is 5.70. The first-order valence-electron chi connectivity index (χ1n) is 4.52. The number of rotatable bonds is 4. The third-order valence-corrected chi connectivity index (χ3v) is 2.17. The first-order valence-corrected chi connectivity index (χ1v) is 4.52. The van der Waals surface area contributed by atoms with Crippen molar-refractivity contribution in [2.24, 2.45) is 0 Å². The van der Waals surface area contributed by atoms with E-state index in [1.807, 2.05) is 6.07 Å². The summed E-state index contributed by atoms with van der Waals surface area (Å²) in [6.45, 7) is 0. The van der Waals surface area contributed by atoms with Gasteiger partial charge in [-0.05, 0) is 0 Å².